The molecule has 0 unspecified atom stereocenters. The number of fused-ring (bicyclic) bond motifs is 1. The number of likely N-dealkylation sites (tertiary alicyclic amines) is 1. The number of aromatic nitrogens is 5. The van der Waals surface area contributed by atoms with E-state index in [2.05, 4.69) is 51.3 Å². The van der Waals surface area contributed by atoms with E-state index >= 15 is 0 Å². The van der Waals surface area contributed by atoms with Crippen LogP contribution in [0.5, 0.6) is 5.75 Å². The lowest BCUT2D eigenvalue weighted by atomic mass is 9.98. The molecule has 1 N–H and O–H groups in total. The Morgan fingerprint density at radius 1 is 1.02 bits per heavy atom. The summed E-state index contributed by atoms with van der Waals surface area (Å²) in [6, 6.07) is 18.1. The quantitative estimate of drug-likeness (QED) is 0.212. The molecular weight excluding hydrogens is 553 g/mol. The Kier molecular flexibility index (Phi) is 7.79. The minimum absolute atomic E-state index is 0.183. The van der Waals surface area contributed by atoms with Gasteiger partial charge in [-0.1, -0.05) is 35.0 Å². The molecule has 2 aromatic heterocycles. The highest BCUT2D eigenvalue weighted by atomic mass is 35.5. The summed E-state index contributed by atoms with van der Waals surface area (Å²) in [4.78, 5) is 11.5. The van der Waals surface area contributed by atoms with Crippen LogP contribution in [0.2, 0.25) is 5.02 Å². The fourth-order valence-electron chi connectivity index (χ4n) is 5.32. The summed E-state index contributed by atoms with van der Waals surface area (Å²) in [5, 5.41) is 13.6. The van der Waals surface area contributed by atoms with E-state index in [1.807, 2.05) is 35.1 Å². The lowest BCUT2D eigenvalue weighted by Gasteiger charge is -2.40. The normalized spacial score (nSPS) is 14.8. The molecular formula is C32H33ClFN7O. The molecule has 42 heavy (non-hydrogen) atoms. The van der Waals surface area contributed by atoms with Crippen molar-refractivity contribution in [3.8, 4) is 17.0 Å². The first-order valence-corrected chi connectivity index (χ1v) is 14.5. The van der Waals surface area contributed by atoms with E-state index in [0.29, 0.717) is 22.6 Å². The summed E-state index contributed by atoms with van der Waals surface area (Å²) in [6.45, 7) is 9.12. The SMILES string of the molecule is CC(C)(C)N1CCC(n2cc(-c3ccc4ncnc(Nc5ccc(OCc6cccc(F)c6)c(Cl)c5)c4c3)nn2)CC1. The summed E-state index contributed by atoms with van der Waals surface area (Å²) in [7, 11) is 0. The van der Waals surface area contributed by atoms with Crippen molar-refractivity contribution in [1.82, 2.24) is 29.9 Å². The number of benzene rings is 3. The molecule has 8 nitrogen and oxygen atoms in total. The number of nitrogens with one attached hydrogen (secondary N) is 1. The molecule has 3 heterocycles. The first-order chi connectivity index (χ1) is 20.2. The maximum absolute atomic E-state index is 13.5. The number of piperidine rings is 1. The van der Waals surface area contributed by atoms with Gasteiger partial charge in [-0.2, -0.15) is 0 Å². The fraction of sp³-hybridized carbons (Fsp3) is 0.312. The maximum atomic E-state index is 13.5. The number of anilines is 2. The highest BCUT2D eigenvalue weighted by molar-refractivity contribution is 6.32. The Bertz CT molecular complexity index is 1710. The Balaban J connectivity index is 1.18. The molecule has 0 radical (unpaired) electrons. The van der Waals surface area contributed by atoms with E-state index in [1.54, 1.807) is 24.3 Å². The van der Waals surface area contributed by atoms with Crippen molar-refractivity contribution < 1.29 is 9.13 Å². The maximum Gasteiger partial charge on any atom is 0.141 e. The summed E-state index contributed by atoms with van der Waals surface area (Å²) in [6.07, 6.45) is 5.67. The van der Waals surface area contributed by atoms with Crippen LogP contribution in [0.15, 0.2) is 73.2 Å². The van der Waals surface area contributed by atoms with Crippen molar-refractivity contribution in [3.63, 3.8) is 0 Å². The van der Waals surface area contributed by atoms with Crippen LogP contribution in [0.4, 0.5) is 15.9 Å². The van der Waals surface area contributed by atoms with E-state index in [1.165, 1.54) is 18.5 Å². The molecule has 1 aliphatic heterocycles. The summed E-state index contributed by atoms with van der Waals surface area (Å²) in [5.74, 6) is 0.852. The first kappa shape index (κ1) is 28.1. The van der Waals surface area contributed by atoms with Crippen molar-refractivity contribution in [3.05, 3.63) is 89.6 Å². The second-order valence-electron chi connectivity index (χ2n) is 11.6. The minimum atomic E-state index is -0.302. The standard InChI is InChI=1S/C32H33ClFN7O/c1-32(2,3)40-13-11-25(12-14-40)41-18-29(38-39-41)22-7-9-28-26(16-22)31(36-20-35-28)37-24-8-10-30(27(33)17-24)42-19-21-5-4-6-23(34)15-21/h4-10,15-18,20,25H,11-14,19H2,1-3H3,(H,35,36,37). The van der Waals surface area contributed by atoms with E-state index in [0.717, 1.165) is 59.3 Å². The number of ether oxygens (including phenoxy) is 1. The highest BCUT2D eigenvalue weighted by Gasteiger charge is 2.28. The van der Waals surface area contributed by atoms with Crippen molar-refractivity contribution in [2.75, 3.05) is 18.4 Å². The summed E-state index contributed by atoms with van der Waals surface area (Å²) < 4.78 is 21.3. The van der Waals surface area contributed by atoms with Gasteiger partial charge in [-0.25, -0.2) is 19.0 Å². The van der Waals surface area contributed by atoms with Gasteiger partial charge in [-0.15, -0.1) is 5.10 Å². The van der Waals surface area contributed by atoms with Crippen molar-refractivity contribution in [2.45, 2.75) is 51.8 Å². The molecule has 216 valence electrons. The number of rotatable bonds is 7. The van der Waals surface area contributed by atoms with Gasteiger partial charge in [0, 0.05) is 35.3 Å². The van der Waals surface area contributed by atoms with Crippen LogP contribution in [0, 0.1) is 5.82 Å². The van der Waals surface area contributed by atoms with Crippen LogP contribution in [-0.4, -0.2) is 48.5 Å². The molecule has 6 rings (SSSR count). The molecule has 1 aliphatic rings. The van der Waals surface area contributed by atoms with Crippen LogP contribution >= 0.6 is 11.6 Å². The lowest BCUT2D eigenvalue weighted by Crippen LogP contribution is -2.46. The lowest BCUT2D eigenvalue weighted by molar-refractivity contribution is 0.0866. The Morgan fingerprint density at radius 2 is 1.86 bits per heavy atom. The number of nitrogens with zero attached hydrogens (tertiary/aromatic N) is 6. The first-order valence-electron chi connectivity index (χ1n) is 14.1. The zero-order valence-corrected chi connectivity index (χ0v) is 24.6. The van der Waals surface area contributed by atoms with Crippen molar-refractivity contribution in [2.24, 2.45) is 0 Å². The molecule has 10 heteroatoms. The van der Waals surface area contributed by atoms with E-state index < -0.39 is 0 Å². The molecule has 0 aliphatic carbocycles. The van der Waals surface area contributed by atoms with Gasteiger partial charge in [-0.05, 0) is 81.6 Å². The number of hydrogen-bond donors (Lipinski definition) is 1. The average molecular weight is 586 g/mol. The molecule has 1 saturated heterocycles. The molecule has 0 bridgehead atoms. The van der Waals surface area contributed by atoms with Gasteiger partial charge in [0.05, 0.1) is 22.8 Å². The molecule has 0 saturated carbocycles. The second-order valence-corrected chi connectivity index (χ2v) is 12.0. The largest absolute Gasteiger partial charge is 0.487 e. The second kappa shape index (κ2) is 11.7. The van der Waals surface area contributed by atoms with Gasteiger partial charge < -0.3 is 10.1 Å². The van der Waals surface area contributed by atoms with Crippen molar-refractivity contribution >= 4 is 34.0 Å². The fourth-order valence-corrected chi connectivity index (χ4v) is 5.56. The van der Waals surface area contributed by atoms with Gasteiger partial charge in [0.1, 0.15) is 36.0 Å². The Hall–Kier alpha value is -4.08. The average Bonchev–Trinajstić information content (AvgIpc) is 3.47. The summed E-state index contributed by atoms with van der Waals surface area (Å²) in [5.41, 5.74) is 4.21. The van der Waals surface area contributed by atoms with Gasteiger partial charge in [0.2, 0.25) is 0 Å². The molecule has 5 aromatic rings. The van der Waals surface area contributed by atoms with E-state index in [-0.39, 0.29) is 18.0 Å². The molecule has 0 spiro atoms. The van der Waals surface area contributed by atoms with Gasteiger partial charge >= 0.3 is 0 Å². The van der Waals surface area contributed by atoms with Gasteiger partial charge in [0.15, 0.2) is 0 Å². The highest BCUT2D eigenvalue weighted by Crippen LogP contribution is 2.33. The van der Waals surface area contributed by atoms with Crippen LogP contribution < -0.4 is 10.1 Å². The predicted octanol–water partition coefficient (Wildman–Crippen LogP) is 7.44. The van der Waals surface area contributed by atoms with Gasteiger partial charge in [-0.3, -0.25) is 4.90 Å². The minimum Gasteiger partial charge on any atom is -0.487 e. The number of hydrogen-bond acceptors (Lipinski definition) is 7. The molecule has 1 fully saturated rings. The van der Waals surface area contributed by atoms with Gasteiger partial charge in [0.25, 0.3) is 0 Å². The van der Waals surface area contributed by atoms with Crippen molar-refractivity contribution in [1.29, 1.82) is 0 Å². The topological polar surface area (TPSA) is 81.0 Å². The van der Waals surface area contributed by atoms with E-state index in [4.69, 9.17) is 16.3 Å². The Labute approximate surface area is 249 Å². The third-order valence-corrected chi connectivity index (χ3v) is 8.00. The Morgan fingerprint density at radius 3 is 2.62 bits per heavy atom. The number of halogens is 2. The predicted molar refractivity (Wildman–Crippen MR) is 164 cm³/mol. The third kappa shape index (κ3) is 6.22. The molecule has 0 amide bonds. The van der Waals surface area contributed by atoms with Crippen LogP contribution in [0.3, 0.4) is 0 Å². The molecule has 0 atom stereocenters. The summed E-state index contributed by atoms with van der Waals surface area (Å²) >= 11 is 6.52. The van der Waals surface area contributed by atoms with Crippen LogP contribution in [0.25, 0.3) is 22.2 Å². The zero-order valence-electron chi connectivity index (χ0n) is 23.9. The van der Waals surface area contributed by atoms with E-state index in [9.17, 15) is 4.39 Å². The van der Waals surface area contributed by atoms with Crippen LogP contribution in [0.1, 0.15) is 45.2 Å². The monoisotopic (exact) mass is 585 g/mol. The molecule has 3 aromatic carbocycles. The third-order valence-electron chi connectivity index (χ3n) is 7.71. The van der Waals surface area contributed by atoms with Crippen LogP contribution in [-0.2, 0) is 6.61 Å². The smallest absolute Gasteiger partial charge is 0.141 e. The zero-order chi connectivity index (χ0) is 29.3.